The maximum Gasteiger partial charge on any atom is 0.234 e. The topological polar surface area (TPSA) is 75.2 Å². The van der Waals surface area contributed by atoms with Gasteiger partial charge in [-0.05, 0) is 25.0 Å². The van der Waals surface area contributed by atoms with Crippen LogP contribution in [0.2, 0.25) is 0 Å². The normalized spacial score (nSPS) is 13.6. The zero-order valence-electron chi connectivity index (χ0n) is 12.9. The van der Waals surface area contributed by atoms with Crippen molar-refractivity contribution in [2.75, 3.05) is 16.0 Å². The number of rotatable bonds is 6. The standard InChI is InChI=1S/C15H15FN4O2S2/c1-9(21)20(10-6-7-10)14-18-19-15(24-14)23-8-13(22)17-12-5-3-2-4-11(12)16/h2-5,10H,6-8H2,1H3,(H,17,22). The fourth-order valence-electron chi connectivity index (χ4n) is 2.12. The predicted molar refractivity (Wildman–Crippen MR) is 91.8 cm³/mol. The monoisotopic (exact) mass is 366 g/mol. The lowest BCUT2D eigenvalue weighted by Crippen LogP contribution is -2.30. The smallest absolute Gasteiger partial charge is 0.234 e. The second kappa shape index (κ2) is 7.27. The van der Waals surface area contributed by atoms with E-state index in [2.05, 4.69) is 15.5 Å². The van der Waals surface area contributed by atoms with E-state index in [1.165, 1.54) is 42.2 Å². The van der Waals surface area contributed by atoms with Gasteiger partial charge in [-0.3, -0.25) is 14.5 Å². The first-order chi connectivity index (χ1) is 11.5. The van der Waals surface area contributed by atoms with Crippen molar-refractivity contribution in [1.82, 2.24) is 10.2 Å². The lowest BCUT2D eigenvalue weighted by atomic mass is 10.3. The maximum atomic E-state index is 13.5. The van der Waals surface area contributed by atoms with Crippen molar-refractivity contribution in [3.63, 3.8) is 0 Å². The predicted octanol–water partition coefficient (Wildman–Crippen LogP) is 2.92. The Morgan fingerprint density at radius 1 is 1.38 bits per heavy atom. The van der Waals surface area contributed by atoms with Crippen molar-refractivity contribution in [2.24, 2.45) is 0 Å². The zero-order chi connectivity index (χ0) is 17.1. The molecule has 3 rings (SSSR count). The molecular formula is C15H15FN4O2S2. The Labute approximate surface area is 146 Å². The number of hydrogen-bond acceptors (Lipinski definition) is 6. The molecule has 2 aromatic rings. The minimum absolute atomic E-state index is 0.0532. The molecular weight excluding hydrogens is 351 g/mol. The SMILES string of the molecule is CC(=O)N(c1nnc(SCC(=O)Nc2ccccc2F)s1)C1CC1. The van der Waals surface area contributed by atoms with Crippen LogP contribution in [0.5, 0.6) is 0 Å². The van der Waals surface area contributed by atoms with Gasteiger partial charge in [-0.1, -0.05) is 35.2 Å². The number of amides is 2. The molecule has 1 N–H and O–H groups in total. The number of hydrogen-bond donors (Lipinski definition) is 1. The summed E-state index contributed by atoms with van der Waals surface area (Å²) in [7, 11) is 0. The summed E-state index contributed by atoms with van der Waals surface area (Å²) in [5, 5.41) is 11.1. The van der Waals surface area contributed by atoms with Crippen LogP contribution >= 0.6 is 23.1 Å². The Balaban J connectivity index is 1.56. The van der Waals surface area contributed by atoms with Crippen LogP contribution in [0.25, 0.3) is 0 Å². The molecule has 9 heteroatoms. The van der Waals surface area contributed by atoms with Crippen LogP contribution < -0.4 is 10.2 Å². The van der Waals surface area contributed by atoms with Gasteiger partial charge < -0.3 is 5.32 Å². The van der Waals surface area contributed by atoms with Crippen molar-refractivity contribution >= 4 is 45.7 Å². The van der Waals surface area contributed by atoms with Crippen molar-refractivity contribution in [1.29, 1.82) is 0 Å². The third-order valence-electron chi connectivity index (χ3n) is 3.33. The molecule has 6 nitrogen and oxygen atoms in total. The largest absolute Gasteiger partial charge is 0.323 e. The second-order valence-electron chi connectivity index (χ2n) is 5.29. The number of halogens is 1. The van der Waals surface area contributed by atoms with Crippen LogP contribution in [0.4, 0.5) is 15.2 Å². The Hall–Kier alpha value is -2.00. The van der Waals surface area contributed by atoms with Gasteiger partial charge in [0.15, 0.2) is 4.34 Å². The molecule has 1 saturated carbocycles. The number of para-hydroxylation sites is 1. The Kier molecular flexibility index (Phi) is 5.10. The van der Waals surface area contributed by atoms with E-state index in [0.29, 0.717) is 9.47 Å². The molecule has 1 fully saturated rings. The number of aromatic nitrogens is 2. The number of carbonyl (C=O) groups excluding carboxylic acids is 2. The first-order valence-corrected chi connectivity index (χ1v) is 9.15. The van der Waals surface area contributed by atoms with Crippen LogP contribution in [-0.2, 0) is 9.59 Å². The van der Waals surface area contributed by atoms with Crippen LogP contribution in [-0.4, -0.2) is 33.8 Å². The van der Waals surface area contributed by atoms with Gasteiger partial charge in [0.05, 0.1) is 11.4 Å². The molecule has 0 aliphatic heterocycles. The fraction of sp³-hybridized carbons (Fsp3) is 0.333. The number of benzene rings is 1. The van der Waals surface area contributed by atoms with Gasteiger partial charge in [-0.15, -0.1) is 10.2 Å². The summed E-state index contributed by atoms with van der Waals surface area (Å²) in [6.45, 7) is 1.51. The average Bonchev–Trinajstić information content (AvgIpc) is 3.25. The molecule has 1 aromatic carbocycles. The third kappa shape index (κ3) is 4.09. The fourth-order valence-corrected chi connectivity index (χ4v) is 3.87. The number of nitrogens with zero attached hydrogens (tertiary/aromatic N) is 3. The van der Waals surface area contributed by atoms with Crippen LogP contribution in [0, 0.1) is 5.82 Å². The minimum Gasteiger partial charge on any atom is -0.323 e. The molecule has 24 heavy (non-hydrogen) atoms. The van der Waals surface area contributed by atoms with Crippen molar-refractivity contribution in [2.45, 2.75) is 30.1 Å². The van der Waals surface area contributed by atoms with Crippen LogP contribution in [0.1, 0.15) is 19.8 Å². The summed E-state index contributed by atoms with van der Waals surface area (Å²) >= 11 is 2.49. The summed E-state index contributed by atoms with van der Waals surface area (Å²) < 4.78 is 14.1. The molecule has 2 amide bonds. The lowest BCUT2D eigenvalue weighted by Gasteiger charge is -2.15. The molecule has 0 bridgehead atoms. The van der Waals surface area contributed by atoms with Gasteiger partial charge >= 0.3 is 0 Å². The maximum absolute atomic E-state index is 13.5. The minimum atomic E-state index is -0.476. The Bertz CT molecular complexity index is 763. The van der Waals surface area contributed by atoms with E-state index in [-0.39, 0.29) is 29.3 Å². The molecule has 1 heterocycles. The quantitative estimate of drug-likeness (QED) is 0.628. The highest BCUT2D eigenvalue weighted by Crippen LogP contribution is 2.35. The third-order valence-corrected chi connectivity index (χ3v) is 5.38. The number of carbonyl (C=O) groups is 2. The number of anilines is 2. The van der Waals surface area contributed by atoms with E-state index >= 15 is 0 Å². The van der Waals surface area contributed by atoms with Crippen molar-refractivity contribution in [3.05, 3.63) is 30.1 Å². The molecule has 126 valence electrons. The lowest BCUT2D eigenvalue weighted by molar-refractivity contribution is -0.116. The van der Waals surface area contributed by atoms with E-state index in [1.54, 1.807) is 17.0 Å². The van der Waals surface area contributed by atoms with E-state index in [9.17, 15) is 14.0 Å². The molecule has 0 unspecified atom stereocenters. The van der Waals surface area contributed by atoms with Crippen LogP contribution in [0.15, 0.2) is 28.6 Å². The van der Waals surface area contributed by atoms with Crippen LogP contribution in [0.3, 0.4) is 0 Å². The van der Waals surface area contributed by atoms with Gasteiger partial charge in [-0.25, -0.2) is 4.39 Å². The Morgan fingerprint density at radius 3 is 2.79 bits per heavy atom. The van der Waals surface area contributed by atoms with Gasteiger partial charge in [-0.2, -0.15) is 0 Å². The summed E-state index contributed by atoms with van der Waals surface area (Å²) in [4.78, 5) is 25.2. The van der Waals surface area contributed by atoms with Gasteiger partial charge in [0, 0.05) is 13.0 Å². The van der Waals surface area contributed by atoms with Gasteiger partial charge in [0.25, 0.3) is 0 Å². The molecule has 0 atom stereocenters. The Morgan fingerprint density at radius 2 is 2.12 bits per heavy atom. The first kappa shape index (κ1) is 16.8. The average molecular weight is 366 g/mol. The summed E-state index contributed by atoms with van der Waals surface area (Å²) in [5.41, 5.74) is 0.151. The van der Waals surface area contributed by atoms with Gasteiger partial charge in [0.1, 0.15) is 5.82 Å². The molecule has 0 spiro atoms. The van der Waals surface area contributed by atoms with E-state index in [1.807, 2.05) is 0 Å². The first-order valence-electron chi connectivity index (χ1n) is 7.35. The summed E-state index contributed by atoms with van der Waals surface area (Å²) in [6, 6.07) is 6.22. The van der Waals surface area contributed by atoms with E-state index < -0.39 is 5.82 Å². The molecule has 0 radical (unpaired) electrons. The summed E-state index contributed by atoms with van der Waals surface area (Å²) in [6.07, 6.45) is 1.96. The number of thioether (sulfide) groups is 1. The molecule has 1 aromatic heterocycles. The van der Waals surface area contributed by atoms with E-state index in [0.717, 1.165) is 12.8 Å². The zero-order valence-corrected chi connectivity index (χ0v) is 14.5. The highest BCUT2D eigenvalue weighted by atomic mass is 32.2. The second-order valence-corrected chi connectivity index (χ2v) is 7.47. The molecule has 1 aliphatic rings. The number of nitrogens with one attached hydrogen (secondary N) is 1. The summed E-state index contributed by atoms with van der Waals surface area (Å²) in [5.74, 6) is -0.766. The van der Waals surface area contributed by atoms with Gasteiger partial charge in [0.2, 0.25) is 16.9 Å². The molecule has 0 saturated heterocycles. The highest BCUT2D eigenvalue weighted by Gasteiger charge is 2.34. The highest BCUT2D eigenvalue weighted by molar-refractivity contribution is 8.01. The van der Waals surface area contributed by atoms with Crippen molar-refractivity contribution < 1.29 is 14.0 Å². The van der Waals surface area contributed by atoms with Crippen molar-refractivity contribution in [3.8, 4) is 0 Å². The molecule has 1 aliphatic carbocycles. The van der Waals surface area contributed by atoms with E-state index in [4.69, 9.17) is 0 Å².